The summed E-state index contributed by atoms with van der Waals surface area (Å²) in [5, 5.41) is 2.80. The largest absolute Gasteiger partial charge is 0.336 e. The molecule has 1 fully saturated rings. The van der Waals surface area contributed by atoms with Gasteiger partial charge in [-0.2, -0.15) is 17.0 Å². The Kier molecular flexibility index (Phi) is 4.94. The van der Waals surface area contributed by atoms with E-state index >= 15 is 0 Å². The molecule has 0 saturated carbocycles. The van der Waals surface area contributed by atoms with E-state index in [1.54, 1.807) is 4.90 Å². The SMILES string of the molecule is CC(C)NC(=O)N1CCN(S(=O)(=O)N(C)C)CC1. The summed E-state index contributed by atoms with van der Waals surface area (Å²) in [4.78, 5) is 13.4. The van der Waals surface area contributed by atoms with Crippen LogP contribution in [0.2, 0.25) is 0 Å². The molecule has 1 aliphatic rings. The van der Waals surface area contributed by atoms with E-state index in [0.717, 1.165) is 0 Å². The van der Waals surface area contributed by atoms with Gasteiger partial charge in [-0.25, -0.2) is 4.79 Å². The van der Waals surface area contributed by atoms with Gasteiger partial charge in [0.2, 0.25) is 0 Å². The monoisotopic (exact) mass is 278 g/mol. The van der Waals surface area contributed by atoms with E-state index in [0.29, 0.717) is 26.2 Å². The zero-order valence-corrected chi connectivity index (χ0v) is 12.2. The number of piperazine rings is 1. The molecule has 1 rings (SSSR count). The molecule has 0 aromatic heterocycles. The predicted molar refractivity (Wildman–Crippen MR) is 69.4 cm³/mol. The molecule has 0 aromatic rings. The Balaban J connectivity index is 2.54. The predicted octanol–water partition coefficient (Wildman–Crippen LogP) is -0.472. The Morgan fingerprint density at radius 1 is 1.17 bits per heavy atom. The standard InChI is InChI=1S/C10H22N4O3S/c1-9(2)11-10(15)13-5-7-14(8-6-13)18(16,17)12(3)4/h9H,5-8H2,1-4H3,(H,11,15). The van der Waals surface area contributed by atoms with Gasteiger partial charge in [0.05, 0.1) is 0 Å². The number of carbonyl (C=O) groups is 1. The van der Waals surface area contributed by atoms with Crippen molar-refractivity contribution in [2.24, 2.45) is 0 Å². The van der Waals surface area contributed by atoms with Crippen LogP contribution in [0.1, 0.15) is 13.8 Å². The number of hydrogen-bond acceptors (Lipinski definition) is 3. The lowest BCUT2D eigenvalue weighted by Gasteiger charge is -2.35. The summed E-state index contributed by atoms with van der Waals surface area (Å²) in [6.07, 6.45) is 0. The highest BCUT2D eigenvalue weighted by Crippen LogP contribution is 2.09. The number of rotatable bonds is 3. The highest BCUT2D eigenvalue weighted by atomic mass is 32.2. The summed E-state index contributed by atoms with van der Waals surface area (Å²) < 4.78 is 26.3. The summed E-state index contributed by atoms with van der Waals surface area (Å²) in [7, 11) is -0.350. The Hall–Kier alpha value is -0.860. The summed E-state index contributed by atoms with van der Waals surface area (Å²) >= 11 is 0. The number of amides is 2. The zero-order valence-electron chi connectivity index (χ0n) is 11.4. The third-order valence-electron chi connectivity index (χ3n) is 2.73. The smallest absolute Gasteiger partial charge is 0.317 e. The Labute approximate surface area is 109 Å². The average Bonchev–Trinajstić information content (AvgIpc) is 2.28. The average molecular weight is 278 g/mol. The minimum atomic E-state index is -3.36. The van der Waals surface area contributed by atoms with E-state index in [1.165, 1.54) is 22.7 Å². The third-order valence-corrected chi connectivity index (χ3v) is 4.67. The van der Waals surface area contributed by atoms with Crippen LogP contribution in [0.4, 0.5) is 4.79 Å². The Bertz CT molecular complexity index is 386. The number of nitrogens with zero attached hydrogens (tertiary/aromatic N) is 3. The van der Waals surface area contributed by atoms with Crippen LogP contribution in [0.3, 0.4) is 0 Å². The molecule has 0 aliphatic carbocycles. The van der Waals surface area contributed by atoms with Crippen LogP contribution in [-0.4, -0.2) is 74.3 Å². The van der Waals surface area contributed by atoms with Crippen molar-refractivity contribution in [2.45, 2.75) is 19.9 Å². The quantitative estimate of drug-likeness (QED) is 0.758. The first kappa shape index (κ1) is 15.2. The van der Waals surface area contributed by atoms with Crippen molar-refractivity contribution in [1.82, 2.24) is 18.8 Å². The molecule has 2 amide bonds. The molecule has 18 heavy (non-hydrogen) atoms. The van der Waals surface area contributed by atoms with Crippen molar-refractivity contribution in [1.29, 1.82) is 0 Å². The molecule has 106 valence electrons. The Morgan fingerprint density at radius 2 is 1.67 bits per heavy atom. The lowest BCUT2D eigenvalue weighted by atomic mass is 10.3. The van der Waals surface area contributed by atoms with Crippen LogP contribution in [0.15, 0.2) is 0 Å². The number of urea groups is 1. The van der Waals surface area contributed by atoms with E-state index in [1.807, 2.05) is 13.8 Å². The first-order valence-electron chi connectivity index (χ1n) is 5.98. The van der Waals surface area contributed by atoms with Gasteiger partial charge in [-0.1, -0.05) is 0 Å². The molecule has 7 nitrogen and oxygen atoms in total. The molecular formula is C10H22N4O3S. The summed E-state index contributed by atoms with van der Waals surface area (Å²) in [6, 6.07) is -0.0482. The normalized spacial score (nSPS) is 18.4. The second kappa shape index (κ2) is 5.85. The summed E-state index contributed by atoms with van der Waals surface area (Å²) in [5.41, 5.74) is 0. The molecule has 1 heterocycles. The molecule has 0 spiro atoms. The van der Waals surface area contributed by atoms with Crippen LogP contribution >= 0.6 is 0 Å². The molecule has 1 N–H and O–H groups in total. The maximum atomic E-state index is 11.9. The van der Waals surface area contributed by atoms with Crippen LogP contribution in [0.5, 0.6) is 0 Å². The van der Waals surface area contributed by atoms with Crippen molar-refractivity contribution in [2.75, 3.05) is 40.3 Å². The van der Waals surface area contributed by atoms with Gasteiger partial charge in [0.1, 0.15) is 0 Å². The van der Waals surface area contributed by atoms with Crippen LogP contribution < -0.4 is 5.32 Å². The number of carbonyl (C=O) groups excluding carboxylic acids is 1. The van der Waals surface area contributed by atoms with E-state index in [4.69, 9.17) is 0 Å². The van der Waals surface area contributed by atoms with Gasteiger partial charge in [-0.15, -0.1) is 0 Å². The van der Waals surface area contributed by atoms with Gasteiger partial charge in [0.25, 0.3) is 10.2 Å². The van der Waals surface area contributed by atoms with E-state index < -0.39 is 10.2 Å². The van der Waals surface area contributed by atoms with Crippen molar-refractivity contribution in [3.63, 3.8) is 0 Å². The topological polar surface area (TPSA) is 73.0 Å². The number of nitrogens with one attached hydrogen (secondary N) is 1. The molecule has 8 heteroatoms. The summed E-state index contributed by atoms with van der Waals surface area (Å²) in [5.74, 6) is 0. The van der Waals surface area contributed by atoms with E-state index in [2.05, 4.69) is 5.32 Å². The van der Waals surface area contributed by atoms with Crippen LogP contribution in [0.25, 0.3) is 0 Å². The maximum absolute atomic E-state index is 11.9. The lowest BCUT2D eigenvalue weighted by Crippen LogP contribution is -2.55. The summed E-state index contributed by atoms with van der Waals surface area (Å²) in [6.45, 7) is 5.31. The minimum Gasteiger partial charge on any atom is -0.336 e. The highest BCUT2D eigenvalue weighted by Gasteiger charge is 2.30. The van der Waals surface area contributed by atoms with Crippen molar-refractivity contribution >= 4 is 16.2 Å². The minimum absolute atomic E-state index is 0.0843. The second-order valence-electron chi connectivity index (χ2n) is 4.78. The fourth-order valence-corrected chi connectivity index (χ4v) is 2.78. The highest BCUT2D eigenvalue weighted by molar-refractivity contribution is 7.86. The molecule has 0 atom stereocenters. The molecule has 1 aliphatic heterocycles. The lowest BCUT2D eigenvalue weighted by molar-refractivity contribution is 0.168. The second-order valence-corrected chi connectivity index (χ2v) is 6.92. The molecule has 0 unspecified atom stereocenters. The molecule has 0 radical (unpaired) electrons. The van der Waals surface area contributed by atoms with Gasteiger partial charge in [-0.3, -0.25) is 0 Å². The Morgan fingerprint density at radius 3 is 2.06 bits per heavy atom. The first-order chi connectivity index (χ1) is 8.25. The fraction of sp³-hybridized carbons (Fsp3) is 0.900. The van der Waals surface area contributed by atoms with Crippen LogP contribution in [0, 0.1) is 0 Å². The van der Waals surface area contributed by atoms with Gasteiger partial charge in [0.15, 0.2) is 0 Å². The molecule has 0 bridgehead atoms. The molecule has 1 saturated heterocycles. The van der Waals surface area contributed by atoms with Gasteiger partial charge < -0.3 is 10.2 Å². The van der Waals surface area contributed by atoms with Crippen molar-refractivity contribution in [3.8, 4) is 0 Å². The zero-order chi connectivity index (χ0) is 13.9. The molecule has 0 aromatic carbocycles. The van der Waals surface area contributed by atoms with E-state index in [-0.39, 0.29) is 12.1 Å². The van der Waals surface area contributed by atoms with Gasteiger partial charge >= 0.3 is 6.03 Å². The number of hydrogen-bond donors (Lipinski definition) is 1. The van der Waals surface area contributed by atoms with Gasteiger partial charge in [0, 0.05) is 46.3 Å². The van der Waals surface area contributed by atoms with Crippen LogP contribution in [-0.2, 0) is 10.2 Å². The third kappa shape index (κ3) is 3.56. The maximum Gasteiger partial charge on any atom is 0.317 e. The fourth-order valence-electron chi connectivity index (χ4n) is 1.69. The molecular weight excluding hydrogens is 256 g/mol. The van der Waals surface area contributed by atoms with Crippen molar-refractivity contribution < 1.29 is 13.2 Å². The van der Waals surface area contributed by atoms with Gasteiger partial charge in [-0.05, 0) is 13.8 Å². The first-order valence-corrected chi connectivity index (χ1v) is 7.38. The van der Waals surface area contributed by atoms with E-state index in [9.17, 15) is 13.2 Å². The van der Waals surface area contributed by atoms with Crippen molar-refractivity contribution in [3.05, 3.63) is 0 Å².